The Morgan fingerprint density at radius 3 is 2.88 bits per heavy atom. The first kappa shape index (κ1) is 16.9. The SMILES string of the molecule is Cc1nnc2n1CC(C(=O)O)N(Cc1csc(Cc3ccccc3)n1)C2. The molecule has 7 nitrogen and oxygen atoms in total. The Kier molecular flexibility index (Phi) is 4.52. The van der Waals surface area contributed by atoms with E-state index >= 15 is 0 Å². The topological polar surface area (TPSA) is 84.1 Å². The third kappa shape index (κ3) is 3.38. The molecule has 3 aromatic rings. The van der Waals surface area contributed by atoms with E-state index in [1.165, 1.54) is 5.56 Å². The molecule has 4 rings (SSSR count). The molecule has 2 aromatic heterocycles. The summed E-state index contributed by atoms with van der Waals surface area (Å²) in [5.41, 5.74) is 2.12. The average molecular weight is 369 g/mol. The van der Waals surface area contributed by atoms with Gasteiger partial charge in [-0.3, -0.25) is 9.69 Å². The first-order valence-electron chi connectivity index (χ1n) is 8.43. The van der Waals surface area contributed by atoms with Crippen molar-refractivity contribution in [1.29, 1.82) is 0 Å². The van der Waals surface area contributed by atoms with Crippen LogP contribution in [0.15, 0.2) is 35.7 Å². The van der Waals surface area contributed by atoms with E-state index in [0.29, 0.717) is 19.6 Å². The van der Waals surface area contributed by atoms with Gasteiger partial charge in [-0.1, -0.05) is 30.3 Å². The van der Waals surface area contributed by atoms with E-state index in [2.05, 4.69) is 22.3 Å². The molecule has 1 atom stereocenters. The van der Waals surface area contributed by atoms with E-state index in [9.17, 15) is 9.90 Å². The van der Waals surface area contributed by atoms with Crippen LogP contribution in [0.25, 0.3) is 0 Å². The van der Waals surface area contributed by atoms with Crippen LogP contribution in [0.3, 0.4) is 0 Å². The van der Waals surface area contributed by atoms with Crippen molar-refractivity contribution >= 4 is 17.3 Å². The van der Waals surface area contributed by atoms with Crippen molar-refractivity contribution in [3.05, 3.63) is 63.6 Å². The van der Waals surface area contributed by atoms with Gasteiger partial charge in [0.1, 0.15) is 17.7 Å². The third-order valence-electron chi connectivity index (χ3n) is 4.60. The van der Waals surface area contributed by atoms with Gasteiger partial charge in [0, 0.05) is 18.3 Å². The highest BCUT2D eigenvalue weighted by Gasteiger charge is 2.33. The summed E-state index contributed by atoms with van der Waals surface area (Å²) in [5, 5.41) is 20.9. The molecule has 8 heteroatoms. The second-order valence-corrected chi connectivity index (χ2v) is 7.37. The lowest BCUT2D eigenvalue weighted by molar-refractivity contribution is -0.145. The van der Waals surface area contributed by atoms with Crippen molar-refractivity contribution in [3.8, 4) is 0 Å². The number of aromatic nitrogens is 4. The van der Waals surface area contributed by atoms with E-state index < -0.39 is 12.0 Å². The highest BCUT2D eigenvalue weighted by Crippen LogP contribution is 2.22. The number of carboxylic acid groups (broad SMARTS) is 1. The Morgan fingerprint density at radius 2 is 2.12 bits per heavy atom. The molecular weight excluding hydrogens is 350 g/mol. The molecule has 1 aliphatic heterocycles. The highest BCUT2D eigenvalue weighted by atomic mass is 32.1. The Balaban J connectivity index is 1.50. The second kappa shape index (κ2) is 6.97. The maximum absolute atomic E-state index is 11.7. The predicted octanol–water partition coefficient (Wildman–Crippen LogP) is 2.10. The first-order chi connectivity index (χ1) is 12.6. The van der Waals surface area contributed by atoms with Crippen LogP contribution in [0.2, 0.25) is 0 Å². The summed E-state index contributed by atoms with van der Waals surface area (Å²) >= 11 is 1.61. The van der Waals surface area contributed by atoms with Gasteiger partial charge in [-0.15, -0.1) is 21.5 Å². The zero-order chi connectivity index (χ0) is 18.1. The summed E-state index contributed by atoms with van der Waals surface area (Å²) in [6.45, 7) is 3.17. The number of hydrogen-bond acceptors (Lipinski definition) is 6. The Hall–Kier alpha value is -2.58. The number of carboxylic acids is 1. The van der Waals surface area contributed by atoms with Gasteiger partial charge in [0.15, 0.2) is 0 Å². The molecule has 1 N–H and O–H groups in total. The number of rotatable bonds is 5. The van der Waals surface area contributed by atoms with E-state index in [-0.39, 0.29) is 0 Å². The van der Waals surface area contributed by atoms with Crippen LogP contribution in [0.5, 0.6) is 0 Å². The van der Waals surface area contributed by atoms with Gasteiger partial charge in [0.25, 0.3) is 0 Å². The van der Waals surface area contributed by atoms with Crippen LogP contribution in [-0.4, -0.2) is 41.8 Å². The molecule has 3 heterocycles. The summed E-state index contributed by atoms with van der Waals surface area (Å²) in [7, 11) is 0. The number of aliphatic carboxylic acids is 1. The van der Waals surface area contributed by atoms with Crippen molar-refractivity contribution in [2.24, 2.45) is 0 Å². The molecule has 0 fully saturated rings. The molecule has 0 bridgehead atoms. The minimum Gasteiger partial charge on any atom is -0.480 e. The summed E-state index contributed by atoms with van der Waals surface area (Å²) in [6.07, 6.45) is 0.793. The Bertz CT molecular complexity index is 921. The molecule has 0 spiro atoms. The van der Waals surface area contributed by atoms with Gasteiger partial charge in [0.05, 0.1) is 23.8 Å². The zero-order valence-electron chi connectivity index (χ0n) is 14.4. The maximum Gasteiger partial charge on any atom is 0.322 e. The fourth-order valence-electron chi connectivity index (χ4n) is 3.24. The van der Waals surface area contributed by atoms with Gasteiger partial charge in [-0.2, -0.15) is 0 Å². The van der Waals surface area contributed by atoms with Crippen molar-refractivity contribution in [1.82, 2.24) is 24.6 Å². The Labute approximate surface area is 154 Å². The van der Waals surface area contributed by atoms with Gasteiger partial charge in [-0.05, 0) is 12.5 Å². The molecule has 1 aromatic carbocycles. The molecule has 0 saturated carbocycles. The zero-order valence-corrected chi connectivity index (χ0v) is 15.2. The number of fused-ring (bicyclic) bond motifs is 1. The van der Waals surface area contributed by atoms with E-state index in [4.69, 9.17) is 4.98 Å². The summed E-state index contributed by atoms with van der Waals surface area (Å²) in [6, 6.07) is 9.61. The molecular formula is C18H19N5O2S. The smallest absolute Gasteiger partial charge is 0.322 e. The standard InChI is InChI=1S/C18H19N5O2S/c1-12-20-21-16-10-22(15(18(24)25)9-23(12)16)8-14-11-26-17(19-14)7-13-5-3-2-4-6-13/h2-6,11,15H,7-10H2,1H3,(H,24,25). The molecule has 0 radical (unpaired) electrons. The minimum absolute atomic E-state index is 0.366. The van der Waals surface area contributed by atoms with Crippen LogP contribution in [0.1, 0.15) is 27.9 Å². The van der Waals surface area contributed by atoms with E-state index in [1.807, 2.05) is 40.0 Å². The lowest BCUT2D eigenvalue weighted by atomic mass is 10.1. The summed E-state index contributed by atoms with van der Waals surface area (Å²) in [5.74, 6) is 0.730. The van der Waals surface area contributed by atoms with Crippen molar-refractivity contribution < 1.29 is 9.90 Å². The first-order valence-corrected chi connectivity index (χ1v) is 9.31. The quantitative estimate of drug-likeness (QED) is 0.741. The molecule has 134 valence electrons. The number of nitrogens with zero attached hydrogens (tertiary/aromatic N) is 5. The third-order valence-corrected chi connectivity index (χ3v) is 5.50. The fraction of sp³-hybridized carbons (Fsp3) is 0.333. The van der Waals surface area contributed by atoms with Crippen LogP contribution in [-0.2, 0) is 30.8 Å². The minimum atomic E-state index is -0.830. The van der Waals surface area contributed by atoms with Gasteiger partial charge in [-0.25, -0.2) is 4.98 Å². The Morgan fingerprint density at radius 1 is 1.31 bits per heavy atom. The van der Waals surface area contributed by atoms with Crippen LogP contribution < -0.4 is 0 Å². The molecule has 0 amide bonds. The van der Waals surface area contributed by atoms with Gasteiger partial charge >= 0.3 is 5.97 Å². The number of thiazole rings is 1. The van der Waals surface area contributed by atoms with Gasteiger partial charge < -0.3 is 9.67 Å². The molecule has 26 heavy (non-hydrogen) atoms. The lowest BCUT2D eigenvalue weighted by Crippen LogP contribution is -2.47. The van der Waals surface area contributed by atoms with Crippen LogP contribution in [0.4, 0.5) is 0 Å². The fourth-order valence-corrected chi connectivity index (χ4v) is 4.06. The number of hydrogen-bond donors (Lipinski definition) is 1. The molecule has 0 saturated heterocycles. The highest BCUT2D eigenvalue weighted by molar-refractivity contribution is 7.09. The van der Waals surface area contributed by atoms with Crippen LogP contribution in [0, 0.1) is 6.92 Å². The lowest BCUT2D eigenvalue weighted by Gasteiger charge is -2.32. The normalized spacial score (nSPS) is 17.2. The number of benzene rings is 1. The summed E-state index contributed by atoms with van der Waals surface area (Å²) in [4.78, 5) is 18.3. The van der Waals surface area contributed by atoms with Crippen molar-refractivity contribution in [2.45, 2.75) is 39.0 Å². The predicted molar refractivity (Wildman–Crippen MR) is 96.8 cm³/mol. The van der Waals surface area contributed by atoms with E-state index in [0.717, 1.165) is 28.8 Å². The molecule has 1 aliphatic rings. The number of aryl methyl sites for hydroxylation is 1. The largest absolute Gasteiger partial charge is 0.480 e. The monoisotopic (exact) mass is 369 g/mol. The van der Waals surface area contributed by atoms with Crippen molar-refractivity contribution in [2.75, 3.05) is 0 Å². The van der Waals surface area contributed by atoms with Gasteiger partial charge in [0.2, 0.25) is 0 Å². The molecule has 1 unspecified atom stereocenters. The second-order valence-electron chi connectivity index (χ2n) is 6.43. The van der Waals surface area contributed by atoms with Crippen LogP contribution >= 0.6 is 11.3 Å². The summed E-state index contributed by atoms with van der Waals surface area (Å²) < 4.78 is 1.89. The van der Waals surface area contributed by atoms with Crippen molar-refractivity contribution in [3.63, 3.8) is 0 Å². The van der Waals surface area contributed by atoms with E-state index in [1.54, 1.807) is 11.3 Å². The average Bonchev–Trinajstić information content (AvgIpc) is 3.22. The number of carbonyl (C=O) groups is 1. The maximum atomic E-state index is 11.7. The molecule has 0 aliphatic carbocycles.